The van der Waals surface area contributed by atoms with E-state index in [1.165, 1.54) is 12.8 Å². The van der Waals surface area contributed by atoms with E-state index in [1.807, 2.05) is 18.2 Å². The van der Waals surface area contributed by atoms with Crippen molar-refractivity contribution in [3.8, 4) is 11.5 Å². The average molecular weight is 289 g/mol. The highest BCUT2D eigenvalue weighted by Gasteiger charge is 2.21. The van der Waals surface area contributed by atoms with Crippen LogP contribution in [-0.4, -0.2) is 23.3 Å². The molecule has 3 rings (SSSR count). The number of rotatable bonds is 7. The standard InChI is InChI=1S/C15H19N3O3/c1-10-17-14(21-18-10)9-20-15-11(8-16-12-6-7-12)4-3-5-13(15)19-2/h3-5,12,16H,6-9H2,1-2H3. The van der Waals surface area contributed by atoms with Crippen molar-refractivity contribution < 1.29 is 14.0 Å². The van der Waals surface area contributed by atoms with Gasteiger partial charge in [0.05, 0.1) is 7.11 Å². The van der Waals surface area contributed by atoms with E-state index < -0.39 is 0 Å². The fourth-order valence-corrected chi connectivity index (χ4v) is 2.10. The van der Waals surface area contributed by atoms with Crippen molar-refractivity contribution in [1.29, 1.82) is 0 Å². The van der Waals surface area contributed by atoms with Crippen LogP contribution in [-0.2, 0) is 13.2 Å². The SMILES string of the molecule is COc1cccc(CNC2CC2)c1OCc1nc(C)no1. The molecule has 6 heteroatoms. The molecule has 6 nitrogen and oxygen atoms in total. The van der Waals surface area contributed by atoms with Crippen molar-refractivity contribution in [3.63, 3.8) is 0 Å². The number of hydrogen-bond donors (Lipinski definition) is 1. The molecule has 0 saturated heterocycles. The molecule has 0 amide bonds. The minimum absolute atomic E-state index is 0.234. The third-order valence-corrected chi connectivity index (χ3v) is 3.35. The predicted octanol–water partition coefficient (Wildman–Crippen LogP) is 2.22. The van der Waals surface area contributed by atoms with Crippen LogP contribution in [0.25, 0.3) is 0 Å². The van der Waals surface area contributed by atoms with Crippen LogP contribution in [0.3, 0.4) is 0 Å². The molecule has 1 aromatic heterocycles. The number of aromatic nitrogens is 2. The second-order valence-corrected chi connectivity index (χ2v) is 5.13. The predicted molar refractivity (Wildman–Crippen MR) is 76.2 cm³/mol. The zero-order chi connectivity index (χ0) is 14.7. The molecule has 0 radical (unpaired) electrons. The fraction of sp³-hybridized carbons (Fsp3) is 0.467. The van der Waals surface area contributed by atoms with Gasteiger partial charge in [0.1, 0.15) is 0 Å². The lowest BCUT2D eigenvalue weighted by atomic mass is 10.2. The van der Waals surface area contributed by atoms with Crippen molar-refractivity contribution in [1.82, 2.24) is 15.5 Å². The Balaban J connectivity index is 1.73. The van der Waals surface area contributed by atoms with Crippen molar-refractivity contribution in [2.45, 2.75) is 39.0 Å². The van der Waals surface area contributed by atoms with Gasteiger partial charge in [0.15, 0.2) is 23.9 Å². The minimum atomic E-state index is 0.234. The van der Waals surface area contributed by atoms with Gasteiger partial charge in [-0.25, -0.2) is 0 Å². The van der Waals surface area contributed by atoms with Gasteiger partial charge in [-0.1, -0.05) is 17.3 Å². The fourth-order valence-electron chi connectivity index (χ4n) is 2.10. The van der Waals surface area contributed by atoms with Crippen molar-refractivity contribution in [2.24, 2.45) is 0 Å². The normalized spacial score (nSPS) is 14.2. The Kier molecular flexibility index (Phi) is 4.06. The summed E-state index contributed by atoms with van der Waals surface area (Å²) in [5, 5.41) is 7.23. The molecule has 0 atom stereocenters. The summed E-state index contributed by atoms with van der Waals surface area (Å²) in [5.74, 6) is 2.49. The van der Waals surface area contributed by atoms with Gasteiger partial charge in [0, 0.05) is 18.2 Å². The van der Waals surface area contributed by atoms with E-state index in [2.05, 4.69) is 15.5 Å². The van der Waals surface area contributed by atoms with Crippen LogP contribution < -0.4 is 14.8 Å². The molecule has 1 aliphatic rings. The van der Waals surface area contributed by atoms with Crippen LogP contribution in [0.15, 0.2) is 22.7 Å². The maximum Gasteiger partial charge on any atom is 0.264 e. The highest BCUT2D eigenvalue weighted by molar-refractivity contribution is 5.46. The second kappa shape index (κ2) is 6.13. The molecule has 1 aliphatic carbocycles. The van der Waals surface area contributed by atoms with E-state index in [0.29, 0.717) is 23.5 Å². The quantitative estimate of drug-likeness (QED) is 0.843. The summed E-state index contributed by atoms with van der Waals surface area (Å²) in [6, 6.07) is 6.52. The van der Waals surface area contributed by atoms with Crippen molar-refractivity contribution in [2.75, 3.05) is 7.11 Å². The first-order valence-corrected chi connectivity index (χ1v) is 7.07. The Morgan fingerprint density at radius 2 is 2.24 bits per heavy atom. The molecule has 0 spiro atoms. The number of aryl methyl sites for hydroxylation is 1. The summed E-state index contributed by atoms with van der Waals surface area (Å²) in [5.41, 5.74) is 1.07. The third kappa shape index (κ3) is 3.52. The zero-order valence-electron chi connectivity index (χ0n) is 12.3. The Labute approximate surface area is 123 Å². The lowest BCUT2D eigenvalue weighted by Gasteiger charge is -2.14. The first kappa shape index (κ1) is 13.9. The molecule has 21 heavy (non-hydrogen) atoms. The summed E-state index contributed by atoms with van der Waals surface area (Å²) in [6.45, 7) is 2.78. The number of hydrogen-bond acceptors (Lipinski definition) is 6. The first-order chi connectivity index (χ1) is 10.3. The smallest absolute Gasteiger partial charge is 0.264 e. The monoisotopic (exact) mass is 289 g/mol. The molecular formula is C15H19N3O3. The van der Waals surface area contributed by atoms with Gasteiger partial charge in [0.2, 0.25) is 0 Å². The molecule has 1 heterocycles. The van der Waals surface area contributed by atoms with Gasteiger partial charge in [-0.15, -0.1) is 0 Å². The van der Waals surface area contributed by atoms with Crippen LogP contribution in [0, 0.1) is 6.92 Å². The van der Waals surface area contributed by atoms with E-state index in [4.69, 9.17) is 14.0 Å². The van der Waals surface area contributed by atoms with Crippen molar-refractivity contribution >= 4 is 0 Å². The van der Waals surface area contributed by atoms with E-state index in [1.54, 1.807) is 14.0 Å². The summed E-state index contributed by atoms with van der Waals surface area (Å²) >= 11 is 0. The Bertz CT molecular complexity index is 608. The van der Waals surface area contributed by atoms with Crippen LogP contribution in [0.5, 0.6) is 11.5 Å². The molecule has 2 aromatic rings. The Hall–Kier alpha value is -2.08. The number of para-hydroxylation sites is 1. The molecule has 0 bridgehead atoms. The third-order valence-electron chi connectivity index (χ3n) is 3.35. The minimum Gasteiger partial charge on any atom is -0.493 e. The first-order valence-electron chi connectivity index (χ1n) is 7.07. The second-order valence-electron chi connectivity index (χ2n) is 5.13. The molecule has 1 N–H and O–H groups in total. The number of nitrogens with zero attached hydrogens (tertiary/aromatic N) is 2. The van der Waals surface area contributed by atoms with Gasteiger partial charge in [-0.3, -0.25) is 0 Å². The molecule has 112 valence electrons. The Morgan fingerprint density at radius 1 is 1.38 bits per heavy atom. The Morgan fingerprint density at radius 3 is 2.90 bits per heavy atom. The van der Waals surface area contributed by atoms with E-state index in [-0.39, 0.29) is 6.61 Å². The van der Waals surface area contributed by atoms with Crippen LogP contribution in [0.4, 0.5) is 0 Å². The molecule has 1 saturated carbocycles. The number of nitrogens with one attached hydrogen (secondary N) is 1. The number of methoxy groups -OCH3 is 1. The molecule has 1 fully saturated rings. The van der Waals surface area contributed by atoms with Crippen LogP contribution in [0.1, 0.15) is 30.1 Å². The summed E-state index contributed by atoms with van der Waals surface area (Å²) in [6.07, 6.45) is 2.50. The largest absolute Gasteiger partial charge is 0.493 e. The van der Waals surface area contributed by atoms with Crippen molar-refractivity contribution in [3.05, 3.63) is 35.5 Å². The summed E-state index contributed by atoms with van der Waals surface area (Å²) < 4.78 is 16.3. The van der Waals surface area contributed by atoms with E-state index in [9.17, 15) is 0 Å². The summed E-state index contributed by atoms with van der Waals surface area (Å²) in [7, 11) is 1.64. The van der Waals surface area contributed by atoms with Gasteiger partial charge < -0.3 is 19.3 Å². The van der Waals surface area contributed by atoms with E-state index >= 15 is 0 Å². The zero-order valence-corrected chi connectivity index (χ0v) is 12.3. The maximum absolute atomic E-state index is 5.85. The molecule has 0 unspecified atom stereocenters. The van der Waals surface area contributed by atoms with Crippen LogP contribution >= 0.6 is 0 Å². The van der Waals surface area contributed by atoms with Gasteiger partial charge in [-0.2, -0.15) is 4.98 Å². The topological polar surface area (TPSA) is 69.4 Å². The molecule has 0 aliphatic heterocycles. The molecule has 1 aromatic carbocycles. The van der Waals surface area contributed by atoms with Crippen LogP contribution in [0.2, 0.25) is 0 Å². The highest BCUT2D eigenvalue weighted by atomic mass is 16.5. The number of ether oxygens (including phenoxy) is 2. The maximum atomic E-state index is 5.85. The lowest BCUT2D eigenvalue weighted by molar-refractivity contribution is 0.231. The summed E-state index contributed by atoms with van der Waals surface area (Å²) in [4.78, 5) is 4.14. The number of benzene rings is 1. The molecular weight excluding hydrogens is 270 g/mol. The van der Waals surface area contributed by atoms with Gasteiger partial charge >= 0.3 is 0 Å². The van der Waals surface area contributed by atoms with Gasteiger partial charge in [-0.05, 0) is 25.8 Å². The lowest BCUT2D eigenvalue weighted by Crippen LogP contribution is -2.16. The van der Waals surface area contributed by atoms with E-state index in [0.717, 1.165) is 17.9 Å². The highest BCUT2D eigenvalue weighted by Crippen LogP contribution is 2.32. The van der Waals surface area contributed by atoms with Gasteiger partial charge in [0.25, 0.3) is 5.89 Å². The average Bonchev–Trinajstić information content (AvgIpc) is 3.24.